The first-order valence-electron chi connectivity index (χ1n) is 6.89. The van der Waals surface area contributed by atoms with E-state index in [1.165, 1.54) is 12.0 Å². The summed E-state index contributed by atoms with van der Waals surface area (Å²) in [5, 5.41) is 0. The number of rotatable bonds is 2. The van der Waals surface area contributed by atoms with E-state index in [0.717, 1.165) is 30.3 Å². The summed E-state index contributed by atoms with van der Waals surface area (Å²) in [6.45, 7) is 9.09. The van der Waals surface area contributed by atoms with Crippen LogP contribution >= 0.6 is 0 Å². The lowest BCUT2D eigenvalue weighted by Gasteiger charge is -2.33. The lowest BCUT2D eigenvalue weighted by Crippen LogP contribution is -2.22. The summed E-state index contributed by atoms with van der Waals surface area (Å²) < 4.78 is 6.01. The quantitative estimate of drug-likeness (QED) is 0.703. The SMILES string of the molecule is Cc1ccccc1OC1=CCC(C(C)(C)C)CC1. The average Bonchev–Trinajstić information content (AvgIpc) is 2.32. The molecule has 1 aliphatic carbocycles. The number of hydrogen-bond donors (Lipinski definition) is 0. The van der Waals surface area contributed by atoms with Crippen LogP contribution in [0.1, 0.15) is 45.6 Å². The summed E-state index contributed by atoms with van der Waals surface area (Å²) >= 11 is 0. The van der Waals surface area contributed by atoms with Gasteiger partial charge >= 0.3 is 0 Å². The van der Waals surface area contributed by atoms with Crippen LogP contribution in [-0.4, -0.2) is 0 Å². The van der Waals surface area contributed by atoms with Crippen molar-refractivity contribution in [1.82, 2.24) is 0 Å². The van der Waals surface area contributed by atoms with Gasteiger partial charge in [-0.25, -0.2) is 0 Å². The van der Waals surface area contributed by atoms with Crippen molar-refractivity contribution < 1.29 is 4.74 Å². The van der Waals surface area contributed by atoms with E-state index in [9.17, 15) is 0 Å². The second-order valence-corrected chi connectivity index (χ2v) is 6.38. The van der Waals surface area contributed by atoms with Crippen LogP contribution in [0.5, 0.6) is 5.75 Å². The lowest BCUT2D eigenvalue weighted by atomic mass is 9.74. The summed E-state index contributed by atoms with van der Waals surface area (Å²) in [5.41, 5.74) is 1.61. The van der Waals surface area contributed by atoms with Crippen LogP contribution in [0.2, 0.25) is 0 Å². The minimum atomic E-state index is 0.407. The van der Waals surface area contributed by atoms with E-state index < -0.39 is 0 Å². The van der Waals surface area contributed by atoms with Gasteiger partial charge in [0.15, 0.2) is 0 Å². The zero-order chi connectivity index (χ0) is 13.2. The molecule has 98 valence electrons. The van der Waals surface area contributed by atoms with Crippen molar-refractivity contribution in [2.24, 2.45) is 11.3 Å². The highest BCUT2D eigenvalue weighted by Crippen LogP contribution is 2.37. The molecular formula is C17H24O. The Morgan fingerprint density at radius 3 is 2.44 bits per heavy atom. The van der Waals surface area contributed by atoms with Gasteiger partial charge in [-0.3, -0.25) is 0 Å². The van der Waals surface area contributed by atoms with Crippen molar-refractivity contribution in [2.45, 2.75) is 47.0 Å². The smallest absolute Gasteiger partial charge is 0.129 e. The molecule has 18 heavy (non-hydrogen) atoms. The van der Waals surface area contributed by atoms with Gasteiger partial charge in [-0.2, -0.15) is 0 Å². The minimum absolute atomic E-state index is 0.407. The van der Waals surface area contributed by atoms with Crippen LogP contribution in [-0.2, 0) is 0 Å². The standard InChI is InChI=1S/C17H24O/c1-13-7-5-6-8-16(13)18-15-11-9-14(10-12-15)17(2,3)4/h5-8,11,14H,9-10,12H2,1-4H3. The number of para-hydroxylation sites is 1. The molecule has 0 spiro atoms. The number of aryl methyl sites for hydroxylation is 1. The van der Waals surface area contributed by atoms with Crippen LogP contribution in [0.15, 0.2) is 36.1 Å². The van der Waals surface area contributed by atoms with Gasteiger partial charge in [0.2, 0.25) is 0 Å². The Balaban J connectivity index is 2.01. The molecule has 1 aromatic carbocycles. The Kier molecular flexibility index (Phi) is 3.79. The van der Waals surface area contributed by atoms with Gasteiger partial charge in [-0.15, -0.1) is 0 Å². The van der Waals surface area contributed by atoms with Crippen molar-refractivity contribution in [3.05, 3.63) is 41.7 Å². The van der Waals surface area contributed by atoms with E-state index in [1.807, 2.05) is 18.2 Å². The van der Waals surface area contributed by atoms with Gasteiger partial charge < -0.3 is 4.74 Å². The number of benzene rings is 1. The van der Waals surface area contributed by atoms with Gasteiger partial charge in [0, 0.05) is 6.42 Å². The molecule has 1 unspecified atom stereocenters. The first-order valence-corrected chi connectivity index (χ1v) is 6.89. The van der Waals surface area contributed by atoms with Crippen LogP contribution in [0.25, 0.3) is 0 Å². The normalized spacial score (nSPS) is 20.4. The summed E-state index contributed by atoms with van der Waals surface area (Å²) in [4.78, 5) is 0. The summed E-state index contributed by atoms with van der Waals surface area (Å²) in [6, 6.07) is 8.22. The predicted octanol–water partition coefficient (Wildman–Crippen LogP) is 5.10. The molecule has 0 aromatic heterocycles. The van der Waals surface area contributed by atoms with E-state index in [2.05, 4.69) is 39.8 Å². The third-order valence-corrected chi connectivity index (χ3v) is 3.93. The molecule has 1 aliphatic rings. The first-order chi connectivity index (χ1) is 8.47. The second-order valence-electron chi connectivity index (χ2n) is 6.38. The van der Waals surface area contributed by atoms with Crippen LogP contribution < -0.4 is 4.74 Å². The predicted molar refractivity (Wildman–Crippen MR) is 76.7 cm³/mol. The highest BCUT2D eigenvalue weighted by atomic mass is 16.5. The topological polar surface area (TPSA) is 9.23 Å². The Morgan fingerprint density at radius 1 is 1.17 bits per heavy atom. The van der Waals surface area contributed by atoms with E-state index in [-0.39, 0.29) is 0 Å². The Hall–Kier alpha value is -1.24. The first kappa shape index (κ1) is 13.2. The molecule has 0 N–H and O–H groups in total. The van der Waals surface area contributed by atoms with Crippen molar-refractivity contribution >= 4 is 0 Å². The Labute approximate surface area is 111 Å². The van der Waals surface area contributed by atoms with Gasteiger partial charge in [-0.05, 0) is 48.8 Å². The summed E-state index contributed by atoms with van der Waals surface area (Å²) in [5.74, 6) is 2.92. The molecule has 0 heterocycles. The van der Waals surface area contributed by atoms with Crippen molar-refractivity contribution in [3.8, 4) is 5.75 Å². The molecule has 0 saturated carbocycles. The molecule has 1 aromatic rings. The number of ether oxygens (including phenoxy) is 1. The molecule has 1 nitrogen and oxygen atoms in total. The third-order valence-electron chi connectivity index (χ3n) is 3.93. The number of allylic oxidation sites excluding steroid dienone is 2. The fourth-order valence-electron chi connectivity index (χ4n) is 2.50. The molecule has 0 amide bonds. The van der Waals surface area contributed by atoms with E-state index in [4.69, 9.17) is 4.74 Å². The molecule has 0 saturated heterocycles. The fraction of sp³-hybridized carbons (Fsp3) is 0.529. The maximum Gasteiger partial charge on any atom is 0.129 e. The third kappa shape index (κ3) is 3.16. The molecule has 0 radical (unpaired) electrons. The molecule has 0 aliphatic heterocycles. The maximum atomic E-state index is 6.01. The van der Waals surface area contributed by atoms with Crippen molar-refractivity contribution in [3.63, 3.8) is 0 Å². The van der Waals surface area contributed by atoms with Crippen LogP contribution in [0.4, 0.5) is 0 Å². The van der Waals surface area contributed by atoms with Crippen molar-refractivity contribution in [1.29, 1.82) is 0 Å². The highest BCUT2D eigenvalue weighted by molar-refractivity contribution is 5.33. The van der Waals surface area contributed by atoms with E-state index in [1.54, 1.807) is 0 Å². The maximum absolute atomic E-state index is 6.01. The summed E-state index contributed by atoms with van der Waals surface area (Å²) in [6.07, 6.45) is 5.73. The van der Waals surface area contributed by atoms with Crippen LogP contribution in [0.3, 0.4) is 0 Å². The highest BCUT2D eigenvalue weighted by Gasteiger charge is 2.26. The molecule has 1 heteroatoms. The second kappa shape index (κ2) is 5.17. The molecule has 2 rings (SSSR count). The Bertz CT molecular complexity index is 437. The average molecular weight is 244 g/mol. The monoisotopic (exact) mass is 244 g/mol. The summed E-state index contributed by atoms with van der Waals surface area (Å²) in [7, 11) is 0. The largest absolute Gasteiger partial charge is 0.462 e. The van der Waals surface area contributed by atoms with Gasteiger partial charge in [0.1, 0.15) is 11.5 Å². The molecular weight excluding hydrogens is 220 g/mol. The zero-order valence-electron chi connectivity index (χ0n) is 12.0. The van der Waals surface area contributed by atoms with Gasteiger partial charge in [0.05, 0.1) is 0 Å². The lowest BCUT2D eigenvalue weighted by molar-refractivity contribution is 0.206. The van der Waals surface area contributed by atoms with Gasteiger partial charge in [0.25, 0.3) is 0 Å². The molecule has 0 fully saturated rings. The number of hydrogen-bond acceptors (Lipinski definition) is 1. The van der Waals surface area contributed by atoms with E-state index in [0.29, 0.717) is 5.41 Å². The molecule has 0 bridgehead atoms. The Morgan fingerprint density at radius 2 is 1.89 bits per heavy atom. The molecule has 1 atom stereocenters. The minimum Gasteiger partial charge on any atom is -0.462 e. The van der Waals surface area contributed by atoms with Gasteiger partial charge in [-0.1, -0.05) is 39.0 Å². The zero-order valence-corrected chi connectivity index (χ0v) is 12.0. The fourth-order valence-corrected chi connectivity index (χ4v) is 2.50. The van der Waals surface area contributed by atoms with Crippen LogP contribution in [0, 0.1) is 18.3 Å². The van der Waals surface area contributed by atoms with E-state index >= 15 is 0 Å². The van der Waals surface area contributed by atoms with Crippen molar-refractivity contribution in [2.75, 3.05) is 0 Å².